The van der Waals surface area contributed by atoms with Gasteiger partial charge in [0.15, 0.2) is 0 Å². The lowest BCUT2D eigenvalue weighted by molar-refractivity contribution is -0.143. The highest BCUT2D eigenvalue weighted by molar-refractivity contribution is 9.10. The molecule has 130 valence electrons. The van der Waals surface area contributed by atoms with E-state index in [4.69, 9.17) is 15.2 Å². The number of benzene rings is 1. The van der Waals surface area contributed by atoms with Gasteiger partial charge in [0.1, 0.15) is 6.04 Å². The van der Waals surface area contributed by atoms with E-state index in [1.54, 1.807) is 6.92 Å². The Kier molecular flexibility index (Phi) is 10.8. The highest BCUT2D eigenvalue weighted by Crippen LogP contribution is 2.20. The first-order chi connectivity index (χ1) is 10.5. The third-order valence-corrected chi connectivity index (χ3v) is 3.48. The lowest BCUT2D eigenvalue weighted by atomic mass is 10.0. The maximum absolute atomic E-state index is 12.0. The molecule has 0 radical (unpaired) electrons. The number of nitrogens with two attached hydrogens (primary N) is 1. The number of nitrogens with one attached hydrogen (secondary N) is 1. The normalized spacial score (nSPS) is 12.7. The number of hydrogen-bond donors (Lipinski definition) is 2. The van der Waals surface area contributed by atoms with Crippen LogP contribution in [0.4, 0.5) is 0 Å². The zero-order valence-corrected chi connectivity index (χ0v) is 15.5. The summed E-state index contributed by atoms with van der Waals surface area (Å²) in [5.74, 6) is -0.755. The fraction of sp³-hybridized carbons (Fsp3) is 0.467. The number of esters is 1. The number of halogens is 2. The number of carbonyl (C=O) groups is 2. The quantitative estimate of drug-likeness (QED) is 0.641. The maximum Gasteiger partial charge on any atom is 0.308 e. The standard InChI is InChI=1S/C15H21BrN2O4.ClH/c1-3-22-14(19)8-13(10-4-6-11(16)7-5-10)18-15(20)12(17)9-21-2;/h4-7,12-13H,3,8-9,17H2,1-2H3,(H,18,20);1H. The van der Waals surface area contributed by atoms with Crippen LogP contribution in [-0.2, 0) is 19.1 Å². The van der Waals surface area contributed by atoms with Crippen molar-refractivity contribution in [3.8, 4) is 0 Å². The molecule has 6 nitrogen and oxygen atoms in total. The molecule has 0 aliphatic heterocycles. The van der Waals surface area contributed by atoms with Gasteiger partial charge in [-0.25, -0.2) is 0 Å². The van der Waals surface area contributed by atoms with Crippen LogP contribution in [0.15, 0.2) is 28.7 Å². The third-order valence-electron chi connectivity index (χ3n) is 2.95. The van der Waals surface area contributed by atoms with Crippen molar-refractivity contribution in [3.63, 3.8) is 0 Å². The molecule has 0 saturated carbocycles. The van der Waals surface area contributed by atoms with Crippen LogP contribution in [0.1, 0.15) is 24.9 Å². The largest absolute Gasteiger partial charge is 0.466 e. The zero-order chi connectivity index (χ0) is 16.5. The van der Waals surface area contributed by atoms with Crippen LogP contribution in [0.5, 0.6) is 0 Å². The average molecular weight is 410 g/mol. The van der Waals surface area contributed by atoms with Crippen molar-refractivity contribution < 1.29 is 19.1 Å². The van der Waals surface area contributed by atoms with Crippen LogP contribution in [0.25, 0.3) is 0 Å². The summed E-state index contributed by atoms with van der Waals surface area (Å²) in [6, 6.07) is 6.06. The van der Waals surface area contributed by atoms with E-state index in [1.165, 1.54) is 7.11 Å². The van der Waals surface area contributed by atoms with Crippen LogP contribution in [0.3, 0.4) is 0 Å². The van der Waals surface area contributed by atoms with Crippen molar-refractivity contribution in [2.45, 2.75) is 25.4 Å². The van der Waals surface area contributed by atoms with Crippen molar-refractivity contribution in [1.29, 1.82) is 0 Å². The zero-order valence-electron chi connectivity index (χ0n) is 13.1. The second kappa shape index (κ2) is 11.4. The second-order valence-corrected chi connectivity index (χ2v) is 5.60. The van der Waals surface area contributed by atoms with E-state index in [0.29, 0.717) is 6.61 Å². The van der Waals surface area contributed by atoms with Crippen molar-refractivity contribution in [2.75, 3.05) is 20.3 Å². The Bertz CT molecular complexity index is 499. The molecule has 0 aliphatic carbocycles. The Morgan fingerprint density at radius 3 is 2.43 bits per heavy atom. The summed E-state index contributed by atoms with van der Waals surface area (Å²) < 4.78 is 10.7. The molecule has 2 unspecified atom stereocenters. The van der Waals surface area contributed by atoms with E-state index in [9.17, 15) is 9.59 Å². The molecule has 8 heteroatoms. The summed E-state index contributed by atoms with van der Waals surface area (Å²) in [7, 11) is 1.47. The Balaban J connectivity index is 0.00000484. The molecule has 23 heavy (non-hydrogen) atoms. The number of hydrogen-bond acceptors (Lipinski definition) is 5. The van der Waals surface area contributed by atoms with Gasteiger partial charge in [-0.05, 0) is 24.6 Å². The maximum atomic E-state index is 12.0. The van der Waals surface area contributed by atoms with E-state index < -0.39 is 12.1 Å². The minimum absolute atomic E-state index is 0. The summed E-state index contributed by atoms with van der Waals surface area (Å²) >= 11 is 3.35. The summed E-state index contributed by atoms with van der Waals surface area (Å²) in [5, 5.41) is 2.77. The van der Waals surface area contributed by atoms with Crippen molar-refractivity contribution in [1.82, 2.24) is 5.32 Å². The Labute approximate surface area is 150 Å². The molecule has 1 aromatic carbocycles. The average Bonchev–Trinajstić information content (AvgIpc) is 2.47. The molecule has 1 rings (SSSR count). The molecule has 1 amide bonds. The van der Waals surface area contributed by atoms with Crippen molar-refractivity contribution in [3.05, 3.63) is 34.3 Å². The van der Waals surface area contributed by atoms with Gasteiger partial charge in [-0.2, -0.15) is 0 Å². The first-order valence-electron chi connectivity index (χ1n) is 6.93. The van der Waals surface area contributed by atoms with Crippen LogP contribution >= 0.6 is 28.3 Å². The summed E-state index contributed by atoms with van der Waals surface area (Å²) in [6.45, 7) is 2.14. The number of methoxy groups -OCH3 is 1. The molecular formula is C15H22BrClN2O4. The molecular weight excluding hydrogens is 388 g/mol. The first kappa shape index (κ1) is 21.9. The smallest absolute Gasteiger partial charge is 0.308 e. The van der Waals surface area contributed by atoms with Gasteiger partial charge in [0.25, 0.3) is 0 Å². The van der Waals surface area contributed by atoms with Gasteiger partial charge in [-0.1, -0.05) is 28.1 Å². The monoisotopic (exact) mass is 408 g/mol. The molecule has 1 aromatic rings. The van der Waals surface area contributed by atoms with Crippen LogP contribution in [0.2, 0.25) is 0 Å². The van der Waals surface area contributed by atoms with Gasteiger partial charge in [0.2, 0.25) is 5.91 Å². The van der Waals surface area contributed by atoms with Crippen LogP contribution in [0, 0.1) is 0 Å². The molecule has 0 bridgehead atoms. The number of carbonyl (C=O) groups excluding carboxylic acids is 2. The lowest BCUT2D eigenvalue weighted by Crippen LogP contribution is -2.45. The molecule has 0 spiro atoms. The summed E-state index contributed by atoms with van der Waals surface area (Å²) in [4.78, 5) is 23.8. The fourth-order valence-corrected chi connectivity index (χ4v) is 2.13. The van der Waals surface area contributed by atoms with E-state index in [-0.39, 0.29) is 37.3 Å². The molecule has 2 atom stereocenters. The molecule has 0 saturated heterocycles. The van der Waals surface area contributed by atoms with E-state index >= 15 is 0 Å². The Hall–Kier alpha value is -1.15. The number of rotatable bonds is 8. The van der Waals surface area contributed by atoms with Crippen molar-refractivity contribution >= 4 is 40.2 Å². The van der Waals surface area contributed by atoms with Gasteiger partial charge in [-0.3, -0.25) is 9.59 Å². The Morgan fingerprint density at radius 1 is 1.30 bits per heavy atom. The predicted molar refractivity (Wildman–Crippen MR) is 93.4 cm³/mol. The van der Waals surface area contributed by atoms with Crippen LogP contribution < -0.4 is 11.1 Å². The summed E-state index contributed by atoms with van der Waals surface area (Å²) in [6.07, 6.45) is 0.0426. The predicted octanol–water partition coefficient (Wildman–Crippen LogP) is 1.96. The first-order valence-corrected chi connectivity index (χ1v) is 7.73. The minimum atomic E-state index is -0.787. The molecule has 0 aliphatic rings. The van der Waals surface area contributed by atoms with E-state index in [1.807, 2.05) is 24.3 Å². The molecule has 0 heterocycles. The number of ether oxygens (including phenoxy) is 2. The highest BCUT2D eigenvalue weighted by atomic mass is 79.9. The van der Waals surface area contributed by atoms with Gasteiger partial charge in [0.05, 0.1) is 25.7 Å². The van der Waals surface area contributed by atoms with Crippen LogP contribution in [-0.4, -0.2) is 38.2 Å². The third kappa shape index (κ3) is 7.78. The fourth-order valence-electron chi connectivity index (χ4n) is 1.87. The lowest BCUT2D eigenvalue weighted by Gasteiger charge is -2.20. The Morgan fingerprint density at radius 2 is 1.91 bits per heavy atom. The molecule has 3 N–H and O–H groups in total. The van der Waals surface area contributed by atoms with E-state index in [0.717, 1.165) is 10.0 Å². The molecule has 0 aromatic heterocycles. The number of amides is 1. The van der Waals surface area contributed by atoms with Crippen molar-refractivity contribution in [2.24, 2.45) is 5.73 Å². The van der Waals surface area contributed by atoms with Gasteiger partial charge in [-0.15, -0.1) is 12.4 Å². The van der Waals surface area contributed by atoms with E-state index in [2.05, 4.69) is 21.2 Å². The highest BCUT2D eigenvalue weighted by Gasteiger charge is 2.22. The topological polar surface area (TPSA) is 90.7 Å². The van der Waals surface area contributed by atoms with Gasteiger partial charge in [0, 0.05) is 11.6 Å². The molecule has 0 fully saturated rings. The van der Waals surface area contributed by atoms with Gasteiger partial charge >= 0.3 is 5.97 Å². The second-order valence-electron chi connectivity index (χ2n) is 4.68. The minimum Gasteiger partial charge on any atom is -0.466 e. The van der Waals surface area contributed by atoms with Gasteiger partial charge < -0.3 is 20.5 Å². The SMILES string of the molecule is CCOC(=O)CC(NC(=O)C(N)COC)c1ccc(Br)cc1.Cl. The summed E-state index contributed by atoms with van der Waals surface area (Å²) in [5.41, 5.74) is 6.51.